The van der Waals surface area contributed by atoms with Crippen molar-refractivity contribution in [2.45, 2.75) is 49.5 Å². The van der Waals surface area contributed by atoms with E-state index in [1.54, 1.807) is 44.2 Å². The number of nitrogens with one attached hydrogen (secondary N) is 1. The van der Waals surface area contributed by atoms with E-state index in [-0.39, 0.29) is 28.6 Å². The van der Waals surface area contributed by atoms with Gasteiger partial charge in [0.2, 0.25) is 5.88 Å². The summed E-state index contributed by atoms with van der Waals surface area (Å²) in [4.78, 5) is 21.3. The maximum atomic E-state index is 12.9. The average molecular weight is 546 g/mol. The lowest BCUT2D eigenvalue weighted by molar-refractivity contribution is 0.0237. The van der Waals surface area contributed by atoms with Gasteiger partial charge >= 0.3 is 10.1 Å². The second kappa shape index (κ2) is 10.6. The van der Waals surface area contributed by atoms with Crippen molar-refractivity contribution >= 4 is 27.4 Å². The van der Waals surface area contributed by atoms with Crippen LogP contribution in [-0.2, 0) is 21.3 Å². The summed E-state index contributed by atoms with van der Waals surface area (Å²) in [7, 11) is -4.07. The van der Waals surface area contributed by atoms with E-state index in [1.165, 1.54) is 6.20 Å². The van der Waals surface area contributed by atoms with Crippen molar-refractivity contribution in [3.8, 4) is 17.4 Å². The molecule has 5 rings (SSSR count). The van der Waals surface area contributed by atoms with E-state index >= 15 is 0 Å². The van der Waals surface area contributed by atoms with Crippen LogP contribution in [0.4, 0.5) is 0 Å². The Morgan fingerprint density at radius 2 is 1.97 bits per heavy atom. The van der Waals surface area contributed by atoms with Gasteiger partial charge in [-0.25, -0.2) is 9.97 Å². The number of carbonyl (C=O) groups is 1. The summed E-state index contributed by atoms with van der Waals surface area (Å²) in [5.41, 5.74) is 1.35. The lowest BCUT2D eigenvalue weighted by atomic mass is 10.0. The Kier molecular flexibility index (Phi) is 7.31. The number of aryl methyl sites for hydroxylation is 2. The van der Waals surface area contributed by atoms with E-state index in [4.69, 9.17) is 18.4 Å². The number of hydrogen-bond acceptors (Lipinski definition) is 10. The number of pyridine rings is 1. The van der Waals surface area contributed by atoms with Gasteiger partial charge in [0.05, 0.1) is 35.5 Å². The van der Waals surface area contributed by atoms with E-state index < -0.39 is 16.2 Å². The summed E-state index contributed by atoms with van der Waals surface area (Å²) in [6.07, 6.45) is 3.49. The molecular weight excluding hydrogens is 518 g/mol. The lowest BCUT2D eigenvalue weighted by Gasteiger charge is -2.27. The van der Waals surface area contributed by atoms with Gasteiger partial charge < -0.3 is 23.7 Å². The van der Waals surface area contributed by atoms with E-state index in [0.29, 0.717) is 53.1 Å². The van der Waals surface area contributed by atoms with Gasteiger partial charge in [-0.15, -0.1) is 11.3 Å². The van der Waals surface area contributed by atoms with Crippen LogP contribution in [0.2, 0.25) is 0 Å². The number of fused-ring (bicyclic) bond motifs is 1. The predicted molar refractivity (Wildman–Crippen MR) is 135 cm³/mol. The number of aromatic nitrogens is 2. The van der Waals surface area contributed by atoms with Crippen LogP contribution in [0.15, 0.2) is 40.7 Å². The standard InChI is InChI=1S/C25H27N3O7S2/c1-15-25(36-16(2)27-15)37(30,31)35-22-5-3-4-21-20(22)12-18(14-33-21)28-24(29)17-6-7-23(26-13-17)34-19-8-10-32-11-9-19/h3-7,13,18-19H,8-12,14H2,1-2H3,(H,28,29)/t18-/m0/s1. The Morgan fingerprint density at radius 3 is 2.68 bits per heavy atom. The normalized spacial score (nSPS) is 17.9. The molecule has 1 N–H and O–H groups in total. The van der Waals surface area contributed by atoms with Gasteiger partial charge in [0, 0.05) is 37.1 Å². The number of rotatable bonds is 7. The fraction of sp³-hybridized carbons (Fsp3) is 0.400. The van der Waals surface area contributed by atoms with Crippen LogP contribution in [-0.4, -0.2) is 56.3 Å². The quantitative estimate of drug-likeness (QED) is 0.445. The highest BCUT2D eigenvalue weighted by molar-refractivity contribution is 7.89. The summed E-state index contributed by atoms with van der Waals surface area (Å²) < 4.78 is 48.5. The molecule has 3 aromatic rings. The number of thiazole rings is 1. The van der Waals surface area contributed by atoms with Gasteiger partial charge in [0.25, 0.3) is 5.91 Å². The largest absolute Gasteiger partial charge is 0.491 e. The van der Waals surface area contributed by atoms with Crippen LogP contribution in [0.3, 0.4) is 0 Å². The first-order chi connectivity index (χ1) is 17.8. The van der Waals surface area contributed by atoms with Gasteiger partial charge in [-0.3, -0.25) is 4.79 Å². The van der Waals surface area contributed by atoms with Crippen molar-refractivity contribution < 1.29 is 31.6 Å². The molecule has 12 heteroatoms. The Bertz CT molecular complexity index is 1380. The summed E-state index contributed by atoms with van der Waals surface area (Å²) in [5, 5.41) is 3.57. The highest BCUT2D eigenvalue weighted by atomic mass is 32.3. The van der Waals surface area contributed by atoms with Gasteiger partial charge in [0.15, 0.2) is 4.21 Å². The number of nitrogens with zero attached hydrogens (tertiary/aromatic N) is 2. The molecule has 2 aliphatic heterocycles. The molecule has 0 saturated carbocycles. The third-order valence-electron chi connectivity index (χ3n) is 6.06. The smallest absolute Gasteiger partial charge is 0.350 e. The fourth-order valence-corrected chi connectivity index (χ4v) is 6.66. The number of amides is 1. The van der Waals surface area contributed by atoms with Crippen molar-refractivity contribution in [1.29, 1.82) is 0 Å². The molecule has 10 nitrogen and oxygen atoms in total. The van der Waals surface area contributed by atoms with E-state index in [0.717, 1.165) is 24.2 Å². The number of carbonyl (C=O) groups excluding carboxylic acids is 1. The molecule has 1 fully saturated rings. The molecule has 1 saturated heterocycles. The lowest BCUT2D eigenvalue weighted by Crippen LogP contribution is -2.42. The second-order valence-corrected chi connectivity index (χ2v) is 11.8. The number of benzene rings is 1. The van der Waals surface area contributed by atoms with Gasteiger partial charge in [0.1, 0.15) is 24.2 Å². The molecular formula is C25H27N3O7S2. The molecule has 37 heavy (non-hydrogen) atoms. The molecule has 1 atom stereocenters. The highest BCUT2D eigenvalue weighted by Gasteiger charge is 2.29. The molecule has 1 amide bonds. The Labute approximate surface area is 219 Å². The fourth-order valence-electron chi connectivity index (χ4n) is 4.27. The molecule has 0 aliphatic carbocycles. The average Bonchev–Trinajstić information content (AvgIpc) is 3.24. The minimum absolute atomic E-state index is 0.0598. The van der Waals surface area contributed by atoms with Crippen LogP contribution in [0.1, 0.15) is 39.5 Å². The summed E-state index contributed by atoms with van der Waals surface area (Å²) >= 11 is 1.06. The van der Waals surface area contributed by atoms with Crippen LogP contribution < -0.4 is 19.0 Å². The molecule has 196 valence electrons. The van der Waals surface area contributed by atoms with Crippen molar-refractivity contribution in [2.75, 3.05) is 19.8 Å². The molecule has 0 radical (unpaired) electrons. The summed E-state index contributed by atoms with van der Waals surface area (Å²) in [5.74, 6) is 0.835. The molecule has 0 unspecified atom stereocenters. The zero-order valence-corrected chi connectivity index (χ0v) is 22.1. The zero-order chi connectivity index (χ0) is 26.0. The monoisotopic (exact) mass is 545 g/mol. The zero-order valence-electron chi connectivity index (χ0n) is 20.4. The Morgan fingerprint density at radius 1 is 1.16 bits per heavy atom. The maximum Gasteiger partial charge on any atom is 0.350 e. The molecule has 1 aromatic carbocycles. The molecule has 0 spiro atoms. The number of hydrogen-bond donors (Lipinski definition) is 1. The second-order valence-electron chi connectivity index (χ2n) is 8.88. The van der Waals surface area contributed by atoms with Gasteiger partial charge in [-0.2, -0.15) is 8.42 Å². The topological polar surface area (TPSA) is 126 Å². The minimum Gasteiger partial charge on any atom is -0.491 e. The van der Waals surface area contributed by atoms with Crippen LogP contribution >= 0.6 is 11.3 Å². The van der Waals surface area contributed by atoms with E-state index in [1.807, 2.05) is 0 Å². The third-order valence-corrected chi connectivity index (χ3v) is 8.94. The van der Waals surface area contributed by atoms with Crippen molar-refractivity contribution in [3.63, 3.8) is 0 Å². The number of ether oxygens (including phenoxy) is 3. The van der Waals surface area contributed by atoms with Gasteiger partial charge in [-0.1, -0.05) is 6.07 Å². The summed E-state index contributed by atoms with van der Waals surface area (Å²) in [6.45, 7) is 4.94. The Hall–Kier alpha value is -3.22. The first kappa shape index (κ1) is 25.4. The first-order valence-electron chi connectivity index (χ1n) is 11.9. The van der Waals surface area contributed by atoms with E-state index in [9.17, 15) is 13.2 Å². The summed E-state index contributed by atoms with van der Waals surface area (Å²) in [6, 6.07) is 7.94. The van der Waals surface area contributed by atoms with Crippen LogP contribution in [0, 0.1) is 13.8 Å². The van der Waals surface area contributed by atoms with Gasteiger partial charge in [-0.05, 0) is 32.0 Å². The molecule has 2 aromatic heterocycles. The van der Waals surface area contributed by atoms with Crippen molar-refractivity contribution in [3.05, 3.63) is 58.4 Å². The molecule has 4 heterocycles. The predicted octanol–water partition coefficient (Wildman–Crippen LogP) is 3.21. The minimum atomic E-state index is -4.07. The Balaban J connectivity index is 1.25. The van der Waals surface area contributed by atoms with Crippen molar-refractivity contribution in [2.24, 2.45) is 0 Å². The molecule has 0 bridgehead atoms. The van der Waals surface area contributed by atoms with Crippen molar-refractivity contribution in [1.82, 2.24) is 15.3 Å². The van der Waals surface area contributed by atoms with E-state index in [2.05, 4.69) is 15.3 Å². The third kappa shape index (κ3) is 5.86. The van der Waals surface area contributed by atoms with Crippen LogP contribution in [0.25, 0.3) is 0 Å². The van der Waals surface area contributed by atoms with Crippen LogP contribution in [0.5, 0.6) is 17.4 Å². The maximum absolute atomic E-state index is 12.9. The highest BCUT2D eigenvalue weighted by Crippen LogP contribution is 2.35. The SMILES string of the molecule is Cc1nc(C)c(S(=O)(=O)Oc2cccc3c2C[C@H](NC(=O)c2ccc(OC4CCOCC4)nc2)CO3)s1. The molecule has 2 aliphatic rings. The first-order valence-corrected chi connectivity index (χ1v) is 14.2.